The molecule has 0 aliphatic heterocycles. The second-order valence-corrected chi connectivity index (χ2v) is 7.19. The quantitative estimate of drug-likeness (QED) is 0.637. The molecular formula is C13H25N3OS. The summed E-state index contributed by atoms with van der Waals surface area (Å²) >= 11 is 1.87. The fraction of sp³-hybridized carbons (Fsp3) is 0.769. The van der Waals surface area contributed by atoms with Crippen molar-refractivity contribution in [1.82, 2.24) is 15.1 Å². The normalized spacial score (nSPS) is 12.1. The maximum atomic E-state index is 5.04. The van der Waals surface area contributed by atoms with Crippen LogP contribution in [0.2, 0.25) is 0 Å². The van der Waals surface area contributed by atoms with E-state index in [0.29, 0.717) is 0 Å². The zero-order valence-electron chi connectivity index (χ0n) is 12.3. The molecule has 0 fully saturated rings. The molecule has 0 spiro atoms. The summed E-state index contributed by atoms with van der Waals surface area (Å²) in [5.41, 5.74) is 2.41. The SMILES string of the molecule is COCCNCc1c(C)nn(C)c1SC(C)(C)C. The Morgan fingerprint density at radius 3 is 2.61 bits per heavy atom. The van der Waals surface area contributed by atoms with Crippen LogP contribution in [0, 0.1) is 6.92 Å². The Balaban J connectivity index is 2.76. The summed E-state index contributed by atoms with van der Waals surface area (Å²) in [5.74, 6) is 0. The highest BCUT2D eigenvalue weighted by atomic mass is 32.2. The first kappa shape index (κ1) is 15.5. The van der Waals surface area contributed by atoms with Gasteiger partial charge in [-0.15, -0.1) is 11.8 Å². The van der Waals surface area contributed by atoms with Crippen LogP contribution in [0.3, 0.4) is 0 Å². The van der Waals surface area contributed by atoms with Crippen molar-refractivity contribution in [3.63, 3.8) is 0 Å². The van der Waals surface area contributed by atoms with Crippen molar-refractivity contribution in [1.29, 1.82) is 0 Å². The summed E-state index contributed by atoms with van der Waals surface area (Å²) < 4.78 is 7.22. The van der Waals surface area contributed by atoms with Gasteiger partial charge in [0.05, 0.1) is 17.3 Å². The van der Waals surface area contributed by atoms with E-state index < -0.39 is 0 Å². The van der Waals surface area contributed by atoms with Crippen LogP contribution >= 0.6 is 11.8 Å². The number of hydrogen-bond acceptors (Lipinski definition) is 4. The Bertz CT molecular complexity index is 382. The van der Waals surface area contributed by atoms with Crippen LogP contribution in [0.4, 0.5) is 0 Å². The first-order chi connectivity index (χ1) is 8.35. The van der Waals surface area contributed by atoms with Gasteiger partial charge in [-0.3, -0.25) is 4.68 Å². The van der Waals surface area contributed by atoms with Gasteiger partial charge >= 0.3 is 0 Å². The van der Waals surface area contributed by atoms with E-state index in [1.807, 2.05) is 23.5 Å². The molecule has 1 rings (SSSR count). The van der Waals surface area contributed by atoms with Crippen LogP contribution in [-0.4, -0.2) is 34.8 Å². The van der Waals surface area contributed by atoms with Crippen LogP contribution in [0.1, 0.15) is 32.0 Å². The van der Waals surface area contributed by atoms with Gasteiger partial charge in [0.25, 0.3) is 0 Å². The number of nitrogens with zero attached hydrogens (tertiary/aromatic N) is 2. The number of methoxy groups -OCH3 is 1. The first-order valence-corrected chi connectivity index (χ1v) is 7.08. The Morgan fingerprint density at radius 1 is 1.39 bits per heavy atom. The van der Waals surface area contributed by atoms with Gasteiger partial charge in [0.2, 0.25) is 0 Å². The van der Waals surface area contributed by atoms with Crippen LogP contribution < -0.4 is 5.32 Å². The molecule has 1 heterocycles. The van der Waals surface area contributed by atoms with Crippen molar-refractivity contribution in [2.75, 3.05) is 20.3 Å². The number of nitrogens with one attached hydrogen (secondary N) is 1. The monoisotopic (exact) mass is 271 g/mol. The number of ether oxygens (including phenoxy) is 1. The molecule has 0 aliphatic rings. The van der Waals surface area contributed by atoms with E-state index in [2.05, 4.69) is 38.1 Å². The minimum absolute atomic E-state index is 0.196. The molecule has 0 radical (unpaired) electrons. The lowest BCUT2D eigenvalue weighted by Crippen LogP contribution is -2.19. The molecule has 0 atom stereocenters. The Kier molecular flexibility index (Phi) is 5.69. The smallest absolute Gasteiger partial charge is 0.0989 e. The summed E-state index contributed by atoms with van der Waals surface area (Å²) in [6, 6.07) is 0. The van der Waals surface area contributed by atoms with Crippen LogP contribution in [-0.2, 0) is 18.3 Å². The molecule has 18 heavy (non-hydrogen) atoms. The molecule has 5 heteroatoms. The highest BCUT2D eigenvalue weighted by molar-refractivity contribution is 8.00. The maximum Gasteiger partial charge on any atom is 0.0989 e. The zero-order valence-corrected chi connectivity index (χ0v) is 13.1. The van der Waals surface area contributed by atoms with Gasteiger partial charge in [-0.1, -0.05) is 20.8 Å². The lowest BCUT2D eigenvalue weighted by atomic mass is 10.2. The Hall–Kier alpha value is -0.520. The van der Waals surface area contributed by atoms with Crippen molar-refractivity contribution >= 4 is 11.8 Å². The number of aryl methyl sites for hydroxylation is 2. The van der Waals surface area contributed by atoms with Gasteiger partial charge in [-0.25, -0.2) is 0 Å². The molecule has 1 N–H and O–H groups in total. The molecule has 0 saturated heterocycles. The number of hydrogen-bond donors (Lipinski definition) is 1. The summed E-state index contributed by atoms with van der Waals surface area (Å²) in [6.07, 6.45) is 0. The third kappa shape index (κ3) is 4.63. The second-order valence-electron chi connectivity index (χ2n) is 5.38. The number of rotatable bonds is 6. The summed E-state index contributed by atoms with van der Waals surface area (Å²) in [6.45, 7) is 11.2. The van der Waals surface area contributed by atoms with Crippen LogP contribution in [0.25, 0.3) is 0 Å². The van der Waals surface area contributed by atoms with Crippen molar-refractivity contribution < 1.29 is 4.74 Å². The molecule has 104 valence electrons. The fourth-order valence-corrected chi connectivity index (χ4v) is 2.79. The third-order valence-corrected chi connectivity index (χ3v) is 3.79. The standard InChI is InChI=1S/C13H25N3OS/c1-10-11(9-14-7-8-17-6)12(16(5)15-10)18-13(2,3)4/h14H,7-9H2,1-6H3. The average Bonchev–Trinajstić information content (AvgIpc) is 2.48. The van der Waals surface area contributed by atoms with E-state index in [4.69, 9.17) is 4.74 Å². The van der Waals surface area contributed by atoms with E-state index in [1.54, 1.807) is 7.11 Å². The van der Waals surface area contributed by atoms with E-state index in [1.165, 1.54) is 10.6 Å². The molecule has 1 aromatic rings. The van der Waals surface area contributed by atoms with Gasteiger partial charge in [0.15, 0.2) is 0 Å². The molecule has 0 unspecified atom stereocenters. The van der Waals surface area contributed by atoms with Crippen molar-refractivity contribution in [3.05, 3.63) is 11.3 Å². The highest BCUT2D eigenvalue weighted by Crippen LogP contribution is 2.34. The van der Waals surface area contributed by atoms with Gasteiger partial charge < -0.3 is 10.1 Å². The van der Waals surface area contributed by atoms with Gasteiger partial charge in [0.1, 0.15) is 0 Å². The zero-order chi connectivity index (χ0) is 13.8. The lowest BCUT2D eigenvalue weighted by Gasteiger charge is -2.18. The molecule has 0 bridgehead atoms. The molecule has 0 aromatic carbocycles. The summed E-state index contributed by atoms with van der Waals surface area (Å²) in [5, 5.41) is 9.16. The third-order valence-electron chi connectivity index (χ3n) is 2.48. The molecule has 0 saturated carbocycles. The van der Waals surface area contributed by atoms with Gasteiger partial charge in [-0.05, 0) is 6.92 Å². The second kappa shape index (κ2) is 6.59. The predicted octanol–water partition coefficient (Wildman–Crippen LogP) is 2.36. The molecular weight excluding hydrogens is 246 g/mol. The van der Waals surface area contributed by atoms with Crippen molar-refractivity contribution in [3.8, 4) is 0 Å². The van der Waals surface area contributed by atoms with E-state index >= 15 is 0 Å². The van der Waals surface area contributed by atoms with Crippen molar-refractivity contribution in [2.24, 2.45) is 7.05 Å². The van der Waals surface area contributed by atoms with Crippen molar-refractivity contribution in [2.45, 2.75) is 44.0 Å². The Morgan fingerprint density at radius 2 is 2.06 bits per heavy atom. The predicted molar refractivity (Wildman–Crippen MR) is 77.1 cm³/mol. The van der Waals surface area contributed by atoms with Crippen LogP contribution in [0.15, 0.2) is 5.03 Å². The molecule has 0 aliphatic carbocycles. The highest BCUT2D eigenvalue weighted by Gasteiger charge is 2.20. The lowest BCUT2D eigenvalue weighted by molar-refractivity contribution is 0.199. The first-order valence-electron chi connectivity index (χ1n) is 6.26. The van der Waals surface area contributed by atoms with Gasteiger partial charge in [0, 0.05) is 37.6 Å². The largest absolute Gasteiger partial charge is 0.383 e. The van der Waals surface area contributed by atoms with E-state index in [9.17, 15) is 0 Å². The average molecular weight is 271 g/mol. The van der Waals surface area contributed by atoms with Gasteiger partial charge in [-0.2, -0.15) is 5.10 Å². The summed E-state index contributed by atoms with van der Waals surface area (Å²) in [4.78, 5) is 0. The Labute approximate surface area is 114 Å². The summed E-state index contributed by atoms with van der Waals surface area (Å²) in [7, 11) is 3.73. The van der Waals surface area contributed by atoms with E-state index in [0.717, 1.165) is 25.4 Å². The molecule has 4 nitrogen and oxygen atoms in total. The number of aromatic nitrogens is 2. The topological polar surface area (TPSA) is 39.1 Å². The van der Waals surface area contributed by atoms with Crippen LogP contribution in [0.5, 0.6) is 0 Å². The fourth-order valence-electron chi connectivity index (χ4n) is 1.69. The molecule has 0 amide bonds. The minimum atomic E-state index is 0.196. The molecule has 1 aromatic heterocycles. The number of thioether (sulfide) groups is 1. The maximum absolute atomic E-state index is 5.04. The van der Waals surface area contributed by atoms with E-state index in [-0.39, 0.29) is 4.75 Å². The minimum Gasteiger partial charge on any atom is -0.383 e.